The molecular weight excluding hydrogens is 577 g/mol. The zero-order valence-corrected chi connectivity index (χ0v) is 22.5. The fourth-order valence-corrected chi connectivity index (χ4v) is 4.20. The Morgan fingerprint density at radius 2 is 1.53 bits per heavy atom. The van der Waals surface area contributed by atoms with Crippen LogP contribution in [-0.2, 0) is 6.61 Å². The van der Waals surface area contributed by atoms with Gasteiger partial charge in [0.05, 0.1) is 28.4 Å². The summed E-state index contributed by atoms with van der Waals surface area (Å²) < 4.78 is 28.3. The van der Waals surface area contributed by atoms with Gasteiger partial charge in [-0.15, -0.1) is 0 Å². The summed E-state index contributed by atoms with van der Waals surface area (Å²) in [5.41, 5.74) is 7.68. The van der Waals surface area contributed by atoms with Gasteiger partial charge in [0.1, 0.15) is 18.1 Å². The SMILES string of the molecule is COc1cc(OCc2cccc(C(N)=O)c2)cc(I)c1/C=C/C(=O)c1cc(OC)c(OC)c(OC)c1. The molecule has 0 unspecified atom stereocenters. The Bertz CT molecular complexity index is 1280. The second kappa shape index (κ2) is 12.3. The fourth-order valence-electron chi connectivity index (χ4n) is 3.44. The number of rotatable bonds is 11. The third-order valence-electron chi connectivity index (χ3n) is 5.25. The summed E-state index contributed by atoms with van der Waals surface area (Å²) in [6.07, 6.45) is 3.14. The number of carbonyl (C=O) groups excluding carboxylic acids is 2. The van der Waals surface area contributed by atoms with Crippen LogP contribution < -0.4 is 29.4 Å². The first-order valence-electron chi connectivity index (χ1n) is 10.7. The number of hydrogen-bond donors (Lipinski definition) is 1. The normalized spacial score (nSPS) is 10.7. The number of allylic oxidation sites excluding steroid dienone is 1. The van der Waals surface area contributed by atoms with Crippen LogP contribution >= 0.6 is 22.6 Å². The first-order chi connectivity index (χ1) is 17.3. The molecule has 0 aliphatic carbocycles. The minimum atomic E-state index is -0.495. The van der Waals surface area contributed by atoms with Crippen molar-refractivity contribution < 1.29 is 33.3 Å². The largest absolute Gasteiger partial charge is 0.496 e. The number of hydrogen-bond acceptors (Lipinski definition) is 7. The van der Waals surface area contributed by atoms with Crippen LogP contribution in [0.15, 0.2) is 54.6 Å². The van der Waals surface area contributed by atoms with Gasteiger partial charge in [-0.1, -0.05) is 12.1 Å². The van der Waals surface area contributed by atoms with Crippen molar-refractivity contribution in [2.45, 2.75) is 6.61 Å². The molecule has 0 saturated heterocycles. The zero-order chi connectivity index (χ0) is 26.2. The summed E-state index contributed by atoms with van der Waals surface area (Å²) in [4.78, 5) is 24.3. The number of primary amides is 1. The average molecular weight is 603 g/mol. The highest BCUT2D eigenvalue weighted by atomic mass is 127. The lowest BCUT2D eigenvalue weighted by molar-refractivity contribution is 0.0998. The molecule has 0 fully saturated rings. The number of ether oxygens (including phenoxy) is 5. The third kappa shape index (κ3) is 6.28. The molecule has 8 nitrogen and oxygen atoms in total. The van der Waals surface area contributed by atoms with E-state index in [1.54, 1.807) is 49.6 Å². The highest BCUT2D eigenvalue weighted by molar-refractivity contribution is 14.1. The maximum Gasteiger partial charge on any atom is 0.248 e. The Labute approximate surface area is 223 Å². The van der Waals surface area contributed by atoms with Crippen molar-refractivity contribution in [2.75, 3.05) is 28.4 Å². The van der Waals surface area contributed by atoms with Gasteiger partial charge in [0.15, 0.2) is 17.3 Å². The van der Waals surface area contributed by atoms with Gasteiger partial charge in [0.2, 0.25) is 11.7 Å². The minimum absolute atomic E-state index is 0.245. The van der Waals surface area contributed by atoms with Gasteiger partial charge in [-0.2, -0.15) is 0 Å². The van der Waals surface area contributed by atoms with Gasteiger partial charge >= 0.3 is 0 Å². The lowest BCUT2D eigenvalue weighted by Crippen LogP contribution is -2.11. The van der Waals surface area contributed by atoms with Gasteiger partial charge < -0.3 is 29.4 Å². The number of carbonyl (C=O) groups is 2. The van der Waals surface area contributed by atoms with Crippen molar-refractivity contribution in [2.24, 2.45) is 5.73 Å². The number of ketones is 1. The molecule has 0 spiro atoms. The predicted octanol–water partition coefficient (Wildman–Crippen LogP) is 4.90. The molecule has 0 bridgehead atoms. The van der Waals surface area contributed by atoms with E-state index in [9.17, 15) is 9.59 Å². The van der Waals surface area contributed by atoms with Crippen molar-refractivity contribution in [1.82, 2.24) is 0 Å². The third-order valence-corrected chi connectivity index (χ3v) is 6.15. The second-order valence-electron chi connectivity index (χ2n) is 7.49. The van der Waals surface area contributed by atoms with Crippen molar-refractivity contribution in [1.29, 1.82) is 0 Å². The van der Waals surface area contributed by atoms with Crippen LogP contribution in [0.1, 0.15) is 31.8 Å². The first kappa shape index (κ1) is 26.9. The standard InChI is InChI=1S/C27H26INO7/c1-32-23-14-19(36-15-16-6-5-7-17(10-16)27(29)31)13-21(28)20(23)8-9-22(30)18-11-24(33-2)26(35-4)25(12-18)34-3/h5-14H,15H2,1-4H3,(H2,29,31)/b9-8+. The Hall–Kier alpha value is -3.73. The molecule has 0 aliphatic rings. The zero-order valence-electron chi connectivity index (χ0n) is 20.3. The van der Waals surface area contributed by atoms with Gasteiger partial charge in [0.25, 0.3) is 0 Å². The molecular formula is C27H26INO7. The summed E-state index contributed by atoms with van der Waals surface area (Å²) in [5, 5.41) is 0. The number of nitrogens with two attached hydrogens (primary N) is 1. The number of halogens is 1. The van der Waals surface area contributed by atoms with Crippen LogP contribution in [0.4, 0.5) is 0 Å². The molecule has 0 saturated carbocycles. The molecule has 188 valence electrons. The van der Waals surface area contributed by atoms with E-state index in [0.717, 1.165) is 14.7 Å². The molecule has 2 N–H and O–H groups in total. The monoisotopic (exact) mass is 603 g/mol. The molecule has 0 aliphatic heterocycles. The van der Waals surface area contributed by atoms with Crippen LogP contribution in [0.25, 0.3) is 6.08 Å². The van der Waals surface area contributed by atoms with Crippen LogP contribution in [0, 0.1) is 3.57 Å². The predicted molar refractivity (Wildman–Crippen MR) is 144 cm³/mol. The molecule has 3 aromatic rings. The Morgan fingerprint density at radius 1 is 0.861 bits per heavy atom. The molecule has 3 aromatic carbocycles. The summed E-state index contributed by atoms with van der Waals surface area (Å²) in [5.74, 6) is 1.57. The Balaban J connectivity index is 1.82. The van der Waals surface area contributed by atoms with E-state index in [2.05, 4.69) is 22.6 Å². The van der Waals surface area contributed by atoms with Crippen LogP contribution in [0.2, 0.25) is 0 Å². The average Bonchev–Trinajstić information content (AvgIpc) is 2.89. The highest BCUT2D eigenvalue weighted by Crippen LogP contribution is 2.38. The first-order valence-corrected chi connectivity index (χ1v) is 11.8. The van der Waals surface area contributed by atoms with E-state index in [4.69, 9.17) is 29.4 Å². The van der Waals surface area contributed by atoms with Crippen LogP contribution in [0.5, 0.6) is 28.7 Å². The summed E-state index contributed by atoms with van der Waals surface area (Å²) >= 11 is 2.16. The molecule has 0 aromatic heterocycles. The maximum atomic E-state index is 12.9. The molecule has 3 rings (SSSR count). The number of methoxy groups -OCH3 is 4. The van der Waals surface area contributed by atoms with Crippen LogP contribution in [0.3, 0.4) is 0 Å². The van der Waals surface area contributed by atoms with Crippen molar-refractivity contribution >= 4 is 40.4 Å². The van der Waals surface area contributed by atoms with Gasteiger partial charge in [-0.25, -0.2) is 0 Å². The smallest absolute Gasteiger partial charge is 0.248 e. The minimum Gasteiger partial charge on any atom is -0.496 e. The lowest BCUT2D eigenvalue weighted by atomic mass is 10.1. The summed E-state index contributed by atoms with van der Waals surface area (Å²) in [7, 11) is 6.03. The summed E-state index contributed by atoms with van der Waals surface area (Å²) in [6.45, 7) is 0.245. The fraction of sp³-hybridized carbons (Fsp3) is 0.185. The van der Waals surface area contributed by atoms with E-state index in [-0.39, 0.29) is 12.4 Å². The van der Waals surface area contributed by atoms with E-state index in [1.165, 1.54) is 27.4 Å². The molecule has 1 amide bonds. The Kier molecular flexibility index (Phi) is 9.18. The van der Waals surface area contributed by atoms with Gasteiger partial charge in [-0.05, 0) is 70.6 Å². The highest BCUT2D eigenvalue weighted by Gasteiger charge is 2.16. The molecule has 36 heavy (non-hydrogen) atoms. The van der Waals surface area contributed by atoms with Gasteiger partial charge in [0, 0.05) is 26.3 Å². The summed E-state index contributed by atoms with van der Waals surface area (Å²) in [6, 6.07) is 13.7. The molecule has 0 heterocycles. The topological polar surface area (TPSA) is 106 Å². The van der Waals surface area contributed by atoms with Gasteiger partial charge in [-0.3, -0.25) is 9.59 Å². The molecule has 9 heteroatoms. The van der Waals surface area contributed by atoms with Crippen LogP contribution in [-0.4, -0.2) is 40.1 Å². The van der Waals surface area contributed by atoms with Crippen molar-refractivity contribution in [3.63, 3.8) is 0 Å². The van der Waals surface area contributed by atoms with E-state index >= 15 is 0 Å². The van der Waals surface area contributed by atoms with E-state index < -0.39 is 5.91 Å². The van der Waals surface area contributed by atoms with E-state index in [1.807, 2.05) is 12.1 Å². The quantitative estimate of drug-likeness (QED) is 0.189. The number of amides is 1. The van der Waals surface area contributed by atoms with Crippen molar-refractivity contribution in [3.8, 4) is 28.7 Å². The maximum absolute atomic E-state index is 12.9. The number of benzene rings is 3. The van der Waals surface area contributed by atoms with E-state index in [0.29, 0.717) is 39.9 Å². The van der Waals surface area contributed by atoms with Crippen molar-refractivity contribution in [3.05, 3.63) is 80.4 Å². The molecule has 0 radical (unpaired) electrons. The molecule has 0 atom stereocenters. The lowest BCUT2D eigenvalue weighted by Gasteiger charge is -2.13. The second-order valence-corrected chi connectivity index (χ2v) is 8.65. The Morgan fingerprint density at radius 3 is 2.11 bits per heavy atom.